The lowest BCUT2D eigenvalue weighted by Crippen LogP contribution is -2.51. The van der Waals surface area contributed by atoms with Gasteiger partial charge in [-0.3, -0.25) is 4.79 Å². The van der Waals surface area contributed by atoms with Crippen LogP contribution in [0, 0.1) is 0 Å². The third-order valence-electron chi connectivity index (χ3n) is 6.22. The molecule has 156 valence electrons. The van der Waals surface area contributed by atoms with E-state index in [4.69, 9.17) is 14.2 Å². The summed E-state index contributed by atoms with van der Waals surface area (Å²) in [7, 11) is 3.35. The normalized spacial score (nSPS) is 17.9. The highest BCUT2D eigenvalue weighted by molar-refractivity contribution is 5.88. The number of nitrogens with one attached hydrogen (secondary N) is 1. The van der Waals surface area contributed by atoms with Crippen LogP contribution in [0.25, 0.3) is 0 Å². The average Bonchev–Trinajstić information content (AvgIpc) is 2.81. The van der Waals surface area contributed by atoms with E-state index >= 15 is 0 Å². The zero-order valence-corrected chi connectivity index (χ0v) is 17.6. The van der Waals surface area contributed by atoms with Crippen LogP contribution in [0.3, 0.4) is 0 Å². The van der Waals surface area contributed by atoms with Crippen LogP contribution in [0.2, 0.25) is 0 Å². The standard InChI is InChI=1S/C24H31NO4/c1-4-24(28-3,20-8-6-5-7-9-20)18-25-22(26)23(14-16-29-17-15-23)19-10-12-21(27-2)13-11-19/h5-13H,4,14-18H2,1-3H3,(H,25,26). The number of amides is 1. The van der Waals surface area contributed by atoms with Gasteiger partial charge in [-0.2, -0.15) is 0 Å². The molecule has 1 fully saturated rings. The SMILES string of the molecule is CCC(CNC(=O)C1(c2ccc(OC)cc2)CCOCC1)(OC)c1ccccc1. The zero-order chi connectivity index (χ0) is 20.7. The van der Waals surface area contributed by atoms with E-state index in [2.05, 4.69) is 12.2 Å². The summed E-state index contributed by atoms with van der Waals surface area (Å²) in [5, 5.41) is 3.21. The summed E-state index contributed by atoms with van der Waals surface area (Å²) in [4.78, 5) is 13.5. The Labute approximate surface area is 173 Å². The van der Waals surface area contributed by atoms with Gasteiger partial charge in [-0.1, -0.05) is 49.4 Å². The lowest BCUT2D eigenvalue weighted by Gasteiger charge is -2.38. The quantitative estimate of drug-likeness (QED) is 0.736. The summed E-state index contributed by atoms with van der Waals surface area (Å²) in [6.45, 7) is 3.64. The Morgan fingerprint density at radius 3 is 2.28 bits per heavy atom. The van der Waals surface area contributed by atoms with Crippen LogP contribution in [-0.2, 0) is 25.3 Å². The largest absolute Gasteiger partial charge is 0.497 e. The molecule has 0 aromatic heterocycles. The number of carbonyl (C=O) groups excluding carboxylic acids is 1. The topological polar surface area (TPSA) is 56.8 Å². The molecule has 1 amide bonds. The first-order valence-electron chi connectivity index (χ1n) is 10.2. The fourth-order valence-corrected chi connectivity index (χ4v) is 4.18. The molecular formula is C24H31NO4. The Bertz CT molecular complexity index is 778. The van der Waals surface area contributed by atoms with E-state index in [-0.39, 0.29) is 5.91 Å². The van der Waals surface area contributed by atoms with Crippen LogP contribution < -0.4 is 10.1 Å². The average molecular weight is 398 g/mol. The van der Waals surface area contributed by atoms with Crippen molar-refractivity contribution in [2.24, 2.45) is 0 Å². The molecule has 2 aromatic carbocycles. The smallest absolute Gasteiger partial charge is 0.230 e. The minimum atomic E-state index is -0.603. The number of ether oxygens (including phenoxy) is 3. The minimum absolute atomic E-state index is 0.0248. The van der Waals surface area contributed by atoms with Gasteiger partial charge in [-0.05, 0) is 42.5 Å². The van der Waals surface area contributed by atoms with Crippen molar-refractivity contribution in [3.05, 3.63) is 65.7 Å². The van der Waals surface area contributed by atoms with Crippen molar-refractivity contribution >= 4 is 5.91 Å². The van der Waals surface area contributed by atoms with E-state index in [9.17, 15) is 4.79 Å². The molecule has 29 heavy (non-hydrogen) atoms. The Balaban J connectivity index is 1.84. The van der Waals surface area contributed by atoms with Gasteiger partial charge in [0.2, 0.25) is 5.91 Å². The molecule has 1 saturated heterocycles. The lowest BCUT2D eigenvalue weighted by atomic mass is 9.73. The molecular weight excluding hydrogens is 366 g/mol. The van der Waals surface area contributed by atoms with Crippen LogP contribution in [0.15, 0.2) is 54.6 Å². The minimum Gasteiger partial charge on any atom is -0.497 e. The maximum Gasteiger partial charge on any atom is 0.230 e. The molecule has 3 rings (SSSR count). The molecule has 1 atom stereocenters. The van der Waals surface area contributed by atoms with Crippen molar-refractivity contribution < 1.29 is 19.0 Å². The molecule has 2 aromatic rings. The van der Waals surface area contributed by atoms with Gasteiger partial charge in [-0.25, -0.2) is 0 Å². The molecule has 0 bridgehead atoms. The monoisotopic (exact) mass is 397 g/mol. The van der Waals surface area contributed by atoms with Gasteiger partial charge in [0.1, 0.15) is 11.4 Å². The predicted molar refractivity (Wildman–Crippen MR) is 113 cm³/mol. The highest BCUT2D eigenvalue weighted by Gasteiger charge is 2.43. The second kappa shape index (κ2) is 9.42. The lowest BCUT2D eigenvalue weighted by molar-refractivity contribution is -0.132. The van der Waals surface area contributed by atoms with Gasteiger partial charge >= 0.3 is 0 Å². The van der Waals surface area contributed by atoms with Crippen LogP contribution in [0.5, 0.6) is 5.75 Å². The molecule has 1 aliphatic rings. The number of methoxy groups -OCH3 is 2. The fraction of sp³-hybridized carbons (Fsp3) is 0.458. The molecule has 0 saturated carbocycles. The summed E-state index contributed by atoms with van der Waals surface area (Å²) in [5.41, 5.74) is 0.909. The van der Waals surface area contributed by atoms with E-state index in [1.54, 1.807) is 14.2 Å². The second-order valence-corrected chi connectivity index (χ2v) is 7.52. The number of hydrogen-bond acceptors (Lipinski definition) is 4. The van der Waals surface area contributed by atoms with Gasteiger partial charge in [-0.15, -0.1) is 0 Å². The molecule has 1 N–H and O–H groups in total. The molecule has 1 heterocycles. The maximum absolute atomic E-state index is 13.5. The molecule has 1 unspecified atom stereocenters. The van der Waals surface area contributed by atoms with Gasteiger partial charge < -0.3 is 19.5 Å². The molecule has 5 heteroatoms. The van der Waals surface area contributed by atoms with E-state index in [0.29, 0.717) is 32.6 Å². The van der Waals surface area contributed by atoms with Crippen LogP contribution in [0.4, 0.5) is 0 Å². The Morgan fingerprint density at radius 1 is 1.07 bits per heavy atom. The van der Waals surface area contributed by atoms with E-state index in [1.807, 2.05) is 54.6 Å². The summed E-state index contributed by atoms with van der Waals surface area (Å²) in [6.07, 6.45) is 2.07. The zero-order valence-electron chi connectivity index (χ0n) is 17.6. The van der Waals surface area contributed by atoms with Crippen LogP contribution in [0.1, 0.15) is 37.3 Å². The van der Waals surface area contributed by atoms with Crippen molar-refractivity contribution in [1.29, 1.82) is 0 Å². The van der Waals surface area contributed by atoms with Crippen molar-refractivity contribution in [2.75, 3.05) is 34.0 Å². The van der Waals surface area contributed by atoms with Crippen molar-refractivity contribution in [3.8, 4) is 5.75 Å². The molecule has 0 radical (unpaired) electrons. The molecule has 0 aliphatic carbocycles. The summed E-state index contributed by atoms with van der Waals surface area (Å²) < 4.78 is 16.8. The Morgan fingerprint density at radius 2 is 1.72 bits per heavy atom. The third-order valence-corrected chi connectivity index (χ3v) is 6.22. The van der Waals surface area contributed by atoms with Gasteiger partial charge in [0.15, 0.2) is 0 Å². The Hall–Kier alpha value is -2.37. The highest BCUT2D eigenvalue weighted by atomic mass is 16.5. The van der Waals surface area contributed by atoms with E-state index in [1.165, 1.54) is 0 Å². The van der Waals surface area contributed by atoms with Gasteiger partial charge in [0, 0.05) is 20.3 Å². The fourth-order valence-electron chi connectivity index (χ4n) is 4.18. The molecule has 1 aliphatic heterocycles. The Kier molecular flexibility index (Phi) is 6.93. The highest BCUT2D eigenvalue weighted by Crippen LogP contribution is 2.37. The van der Waals surface area contributed by atoms with Crippen molar-refractivity contribution in [2.45, 2.75) is 37.2 Å². The molecule has 0 spiro atoms. The first-order chi connectivity index (χ1) is 14.1. The summed E-state index contributed by atoms with van der Waals surface area (Å²) in [5.74, 6) is 0.807. The summed E-state index contributed by atoms with van der Waals surface area (Å²) in [6, 6.07) is 17.9. The number of rotatable bonds is 8. The van der Waals surface area contributed by atoms with E-state index < -0.39 is 11.0 Å². The number of benzene rings is 2. The second-order valence-electron chi connectivity index (χ2n) is 7.52. The third kappa shape index (κ3) is 4.31. The first-order valence-corrected chi connectivity index (χ1v) is 10.2. The van der Waals surface area contributed by atoms with Crippen molar-refractivity contribution in [1.82, 2.24) is 5.32 Å². The van der Waals surface area contributed by atoms with E-state index in [0.717, 1.165) is 23.3 Å². The van der Waals surface area contributed by atoms with Crippen molar-refractivity contribution in [3.63, 3.8) is 0 Å². The van der Waals surface area contributed by atoms with Gasteiger partial charge in [0.25, 0.3) is 0 Å². The summed E-state index contributed by atoms with van der Waals surface area (Å²) >= 11 is 0. The predicted octanol–water partition coefficient (Wildman–Crippen LogP) is 3.81. The van der Waals surface area contributed by atoms with Gasteiger partial charge in [0.05, 0.1) is 19.1 Å². The first kappa shape index (κ1) is 21.3. The van der Waals surface area contributed by atoms with Crippen LogP contribution >= 0.6 is 0 Å². The maximum atomic E-state index is 13.5. The van der Waals surface area contributed by atoms with Crippen LogP contribution in [-0.4, -0.2) is 39.9 Å². The number of hydrogen-bond donors (Lipinski definition) is 1. The number of carbonyl (C=O) groups is 1. The molecule has 5 nitrogen and oxygen atoms in total.